The van der Waals surface area contributed by atoms with Crippen LogP contribution in [0.25, 0.3) is 60.2 Å². The molecular formula is C50H34N2O. The predicted molar refractivity (Wildman–Crippen MR) is 222 cm³/mol. The van der Waals surface area contributed by atoms with E-state index < -0.39 is 0 Å². The molecule has 53 heavy (non-hydrogen) atoms. The van der Waals surface area contributed by atoms with Crippen molar-refractivity contribution >= 4 is 60.4 Å². The van der Waals surface area contributed by atoms with Crippen LogP contribution in [0.2, 0.25) is 0 Å². The molecule has 0 atom stereocenters. The molecule has 0 fully saturated rings. The normalized spacial score (nSPS) is 11.4. The first-order valence-electron chi connectivity index (χ1n) is 18.0. The number of hydrogen-bond acceptors (Lipinski definition) is 2. The maximum Gasteiger partial charge on any atom is 0.143 e. The van der Waals surface area contributed by atoms with Crippen LogP contribution in [-0.4, -0.2) is 4.57 Å². The summed E-state index contributed by atoms with van der Waals surface area (Å²) in [6.45, 7) is 0. The lowest BCUT2D eigenvalue weighted by Crippen LogP contribution is -2.10. The molecule has 0 aliphatic rings. The summed E-state index contributed by atoms with van der Waals surface area (Å²) in [6, 6.07) is 72.9. The van der Waals surface area contributed by atoms with Crippen molar-refractivity contribution < 1.29 is 4.74 Å². The number of rotatable bonds is 7. The molecule has 0 radical (unpaired) electrons. The van der Waals surface area contributed by atoms with Crippen molar-refractivity contribution in [1.29, 1.82) is 0 Å². The summed E-state index contributed by atoms with van der Waals surface area (Å²) >= 11 is 0. The van der Waals surface area contributed by atoms with Crippen LogP contribution in [0.4, 0.5) is 17.1 Å². The number of benzene rings is 9. The summed E-state index contributed by atoms with van der Waals surface area (Å²) in [7, 11) is 0. The van der Waals surface area contributed by atoms with Gasteiger partial charge in [0.1, 0.15) is 11.5 Å². The van der Waals surface area contributed by atoms with E-state index in [0.29, 0.717) is 0 Å². The molecule has 0 saturated heterocycles. The minimum absolute atomic E-state index is 0.781. The molecule has 0 N–H and O–H groups in total. The number of para-hydroxylation sites is 3. The highest BCUT2D eigenvalue weighted by atomic mass is 16.5. The number of fused-ring (bicyclic) bond motifs is 5. The van der Waals surface area contributed by atoms with E-state index in [2.05, 4.69) is 216 Å². The van der Waals surface area contributed by atoms with Crippen molar-refractivity contribution in [1.82, 2.24) is 4.57 Å². The van der Waals surface area contributed by atoms with E-state index in [1.165, 1.54) is 21.8 Å². The molecule has 0 aliphatic heterocycles. The fourth-order valence-electron chi connectivity index (χ4n) is 7.80. The second-order valence-electron chi connectivity index (χ2n) is 13.3. The number of aromatic nitrogens is 1. The Morgan fingerprint density at radius 2 is 0.925 bits per heavy atom. The van der Waals surface area contributed by atoms with Gasteiger partial charge in [0.15, 0.2) is 0 Å². The van der Waals surface area contributed by atoms with Crippen LogP contribution in [0.5, 0.6) is 11.5 Å². The van der Waals surface area contributed by atoms with Gasteiger partial charge in [0.2, 0.25) is 0 Å². The Morgan fingerprint density at radius 1 is 0.396 bits per heavy atom. The van der Waals surface area contributed by atoms with Gasteiger partial charge >= 0.3 is 0 Å². The Balaban J connectivity index is 1.05. The van der Waals surface area contributed by atoms with Gasteiger partial charge < -0.3 is 14.2 Å². The minimum Gasteiger partial charge on any atom is -0.456 e. The quantitative estimate of drug-likeness (QED) is 0.156. The Morgan fingerprint density at radius 3 is 1.60 bits per heavy atom. The van der Waals surface area contributed by atoms with Gasteiger partial charge in [0.05, 0.1) is 11.0 Å². The number of ether oxygens (including phenoxy) is 1. The molecule has 3 nitrogen and oxygen atoms in total. The van der Waals surface area contributed by atoms with Gasteiger partial charge in [-0.2, -0.15) is 0 Å². The molecule has 3 heteroatoms. The summed E-state index contributed by atoms with van der Waals surface area (Å²) in [5.41, 5.74) is 9.04. The summed E-state index contributed by atoms with van der Waals surface area (Å²) in [6.07, 6.45) is 0. The van der Waals surface area contributed by atoms with Gasteiger partial charge in [-0.3, -0.25) is 0 Å². The monoisotopic (exact) mass is 678 g/mol. The van der Waals surface area contributed by atoms with E-state index in [0.717, 1.165) is 66.9 Å². The van der Waals surface area contributed by atoms with E-state index in [4.69, 9.17) is 4.74 Å². The molecule has 10 aromatic rings. The van der Waals surface area contributed by atoms with Crippen LogP contribution >= 0.6 is 0 Å². The molecule has 9 aromatic carbocycles. The molecule has 1 aromatic heterocycles. The van der Waals surface area contributed by atoms with Crippen LogP contribution in [0, 0.1) is 0 Å². The van der Waals surface area contributed by atoms with E-state index in [1.807, 2.05) is 0 Å². The number of nitrogens with zero attached hydrogens (tertiary/aromatic N) is 2. The molecule has 0 spiro atoms. The third-order valence-electron chi connectivity index (χ3n) is 10.2. The summed E-state index contributed by atoms with van der Waals surface area (Å²) in [5.74, 6) is 1.65. The SMILES string of the molecule is c1ccc(-c2cccc3cc4ccccc4c(Oc4ccc(N(c5ccccc5)c5ccc(-n6c7ccccc7c7ccccc76)cc5)cc4)c23)cc1. The molecule has 0 amide bonds. The molecule has 250 valence electrons. The third-order valence-corrected chi connectivity index (χ3v) is 10.2. The van der Waals surface area contributed by atoms with Gasteiger partial charge in [-0.05, 0) is 101 Å². The Hall–Kier alpha value is -7.10. The van der Waals surface area contributed by atoms with Gasteiger partial charge in [-0.15, -0.1) is 0 Å². The van der Waals surface area contributed by atoms with Crippen molar-refractivity contribution in [3.05, 3.63) is 206 Å². The molecule has 0 unspecified atom stereocenters. The average Bonchev–Trinajstić information content (AvgIpc) is 3.56. The lowest BCUT2D eigenvalue weighted by molar-refractivity contribution is 0.494. The van der Waals surface area contributed by atoms with Crippen molar-refractivity contribution in [3.8, 4) is 28.3 Å². The molecule has 0 bridgehead atoms. The molecule has 10 rings (SSSR count). The third kappa shape index (κ3) is 5.38. The lowest BCUT2D eigenvalue weighted by atomic mass is 9.94. The Labute approximate surface area is 308 Å². The van der Waals surface area contributed by atoms with Crippen molar-refractivity contribution in [2.75, 3.05) is 4.90 Å². The molecule has 1 heterocycles. The largest absolute Gasteiger partial charge is 0.456 e. The summed E-state index contributed by atoms with van der Waals surface area (Å²) < 4.78 is 9.27. The second-order valence-corrected chi connectivity index (χ2v) is 13.3. The first kappa shape index (κ1) is 30.7. The van der Waals surface area contributed by atoms with Crippen molar-refractivity contribution in [2.24, 2.45) is 0 Å². The Bertz CT molecular complexity index is 2840. The topological polar surface area (TPSA) is 17.4 Å². The minimum atomic E-state index is 0.781. The number of anilines is 3. The molecular weight excluding hydrogens is 645 g/mol. The highest BCUT2D eigenvalue weighted by molar-refractivity contribution is 6.11. The smallest absolute Gasteiger partial charge is 0.143 e. The van der Waals surface area contributed by atoms with Crippen LogP contribution in [0.15, 0.2) is 206 Å². The van der Waals surface area contributed by atoms with Gasteiger partial charge in [0, 0.05) is 44.3 Å². The van der Waals surface area contributed by atoms with E-state index in [9.17, 15) is 0 Å². The number of hydrogen-bond donors (Lipinski definition) is 0. The molecule has 0 saturated carbocycles. The van der Waals surface area contributed by atoms with Crippen LogP contribution < -0.4 is 9.64 Å². The summed E-state index contributed by atoms with van der Waals surface area (Å²) in [4.78, 5) is 2.29. The second kappa shape index (κ2) is 12.9. The van der Waals surface area contributed by atoms with Gasteiger partial charge in [-0.1, -0.05) is 127 Å². The average molecular weight is 679 g/mol. The fourth-order valence-corrected chi connectivity index (χ4v) is 7.80. The first-order chi connectivity index (χ1) is 26.3. The van der Waals surface area contributed by atoms with Crippen LogP contribution in [0.3, 0.4) is 0 Å². The van der Waals surface area contributed by atoms with Crippen LogP contribution in [0.1, 0.15) is 0 Å². The van der Waals surface area contributed by atoms with E-state index >= 15 is 0 Å². The van der Waals surface area contributed by atoms with Gasteiger partial charge in [0.25, 0.3) is 0 Å². The van der Waals surface area contributed by atoms with E-state index in [-0.39, 0.29) is 0 Å². The summed E-state index contributed by atoms with van der Waals surface area (Å²) in [5, 5.41) is 7.01. The first-order valence-corrected chi connectivity index (χ1v) is 18.0. The maximum atomic E-state index is 6.92. The van der Waals surface area contributed by atoms with Crippen molar-refractivity contribution in [2.45, 2.75) is 0 Å². The predicted octanol–water partition coefficient (Wildman–Crippen LogP) is 14.0. The maximum absolute atomic E-state index is 6.92. The lowest BCUT2D eigenvalue weighted by Gasteiger charge is -2.26. The highest BCUT2D eigenvalue weighted by Gasteiger charge is 2.17. The molecule has 0 aliphatic carbocycles. The zero-order valence-corrected chi connectivity index (χ0v) is 28.9. The Kier molecular flexibility index (Phi) is 7.47. The standard InChI is InChI=1S/C50H34N2O/c1-3-14-35(15-4-1)43-23-13-17-37-34-36-16-7-8-20-44(36)50(49(37)43)53-42-32-30-40(31-33-42)51(38-18-5-2-6-19-38)39-26-28-41(29-27-39)52-47-24-11-9-21-45(47)46-22-10-12-25-48(46)52/h1-34H. The zero-order chi connectivity index (χ0) is 35.1. The van der Waals surface area contributed by atoms with E-state index in [1.54, 1.807) is 0 Å². The highest BCUT2D eigenvalue weighted by Crippen LogP contribution is 2.44. The van der Waals surface area contributed by atoms with Gasteiger partial charge in [-0.25, -0.2) is 0 Å². The van der Waals surface area contributed by atoms with Crippen molar-refractivity contribution in [3.63, 3.8) is 0 Å². The fraction of sp³-hybridized carbons (Fsp3) is 0. The zero-order valence-electron chi connectivity index (χ0n) is 28.9. The van der Waals surface area contributed by atoms with Crippen LogP contribution in [-0.2, 0) is 0 Å².